The monoisotopic (exact) mass is 482 g/mol. The van der Waals surface area contributed by atoms with Crippen LogP contribution in [0.25, 0.3) is 10.8 Å². The third-order valence-corrected chi connectivity index (χ3v) is 5.74. The number of aliphatic imine (C=N–C) groups is 1. The summed E-state index contributed by atoms with van der Waals surface area (Å²) in [6.45, 7) is 14.4. The van der Waals surface area contributed by atoms with Crippen molar-refractivity contribution in [1.82, 2.24) is 9.97 Å². The number of anilines is 1. The molecule has 0 saturated heterocycles. The summed E-state index contributed by atoms with van der Waals surface area (Å²) >= 11 is 0. The van der Waals surface area contributed by atoms with Crippen molar-refractivity contribution in [2.75, 3.05) is 5.73 Å². The number of ether oxygens (including phenoxy) is 1. The molecule has 0 aliphatic rings. The van der Waals surface area contributed by atoms with Gasteiger partial charge in [0.25, 0.3) is 0 Å². The van der Waals surface area contributed by atoms with E-state index in [0.29, 0.717) is 11.6 Å². The van der Waals surface area contributed by atoms with Crippen molar-refractivity contribution in [3.8, 4) is 11.6 Å². The number of rotatable bonds is 4. The van der Waals surface area contributed by atoms with Crippen LogP contribution in [0.3, 0.4) is 0 Å². The van der Waals surface area contributed by atoms with Gasteiger partial charge in [-0.1, -0.05) is 71.0 Å². The van der Waals surface area contributed by atoms with Crippen LogP contribution in [0.2, 0.25) is 0 Å². The Balaban J connectivity index is 0.000000223. The highest BCUT2D eigenvalue weighted by Gasteiger charge is 2.14. The number of hydrogen-bond acceptors (Lipinski definition) is 6. The normalized spacial score (nSPS) is 11.0. The first-order valence-corrected chi connectivity index (χ1v) is 12.0. The van der Waals surface area contributed by atoms with Crippen LogP contribution in [0.4, 0.5) is 11.4 Å². The average molecular weight is 483 g/mol. The summed E-state index contributed by atoms with van der Waals surface area (Å²) in [7, 11) is 0. The van der Waals surface area contributed by atoms with Crippen molar-refractivity contribution in [3.05, 3.63) is 83.3 Å². The first kappa shape index (κ1) is 26.6. The van der Waals surface area contributed by atoms with Gasteiger partial charge in [0.05, 0.1) is 5.69 Å². The van der Waals surface area contributed by atoms with Gasteiger partial charge < -0.3 is 10.5 Å². The van der Waals surface area contributed by atoms with Crippen molar-refractivity contribution >= 4 is 28.2 Å². The molecule has 6 nitrogen and oxygen atoms in total. The van der Waals surface area contributed by atoms with Crippen molar-refractivity contribution in [2.45, 2.75) is 59.8 Å². The van der Waals surface area contributed by atoms with Gasteiger partial charge in [-0.3, -0.25) is 0 Å². The minimum Gasteiger partial charge on any atom is -0.438 e. The molecule has 0 fully saturated rings. The van der Waals surface area contributed by atoms with Crippen LogP contribution >= 0.6 is 0 Å². The summed E-state index contributed by atoms with van der Waals surface area (Å²) in [6, 6.07) is 19.5. The molecular weight excluding hydrogens is 448 g/mol. The molecule has 3 aromatic carbocycles. The summed E-state index contributed by atoms with van der Waals surface area (Å²) in [4.78, 5) is 22.8. The zero-order chi connectivity index (χ0) is 26.5. The van der Waals surface area contributed by atoms with Crippen LogP contribution in [0, 0.1) is 13.8 Å². The van der Waals surface area contributed by atoms with Gasteiger partial charge in [0.1, 0.15) is 11.6 Å². The molecule has 0 saturated carbocycles. The number of nitrogen functional groups attached to an aromatic ring is 1. The van der Waals surface area contributed by atoms with E-state index < -0.39 is 0 Å². The number of nitrogens with zero attached hydrogens (tertiary/aromatic N) is 3. The van der Waals surface area contributed by atoms with E-state index in [4.69, 9.17) is 10.5 Å². The second-order valence-electron chi connectivity index (χ2n) is 10.1. The van der Waals surface area contributed by atoms with Crippen LogP contribution in [0.1, 0.15) is 63.2 Å². The second kappa shape index (κ2) is 11.1. The van der Waals surface area contributed by atoms with Crippen molar-refractivity contribution in [3.63, 3.8) is 0 Å². The average Bonchev–Trinajstić information content (AvgIpc) is 2.82. The van der Waals surface area contributed by atoms with Crippen LogP contribution in [0.5, 0.6) is 11.6 Å². The van der Waals surface area contributed by atoms with Gasteiger partial charge in [-0.25, -0.2) is 9.78 Å². The zero-order valence-electron chi connectivity index (χ0n) is 22.1. The lowest BCUT2D eigenvalue weighted by Gasteiger charge is -2.19. The molecule has 0 amide bonds. The minimum atomic E-state index is 0.0842. The molecule has 0 aliphatic heterocycles. The molecule has 0 spiro atoms. The lowest BCUT2D eigenvalue weighted by molar-refractivity contribution is 0.461. The lowest BCUT2D eigenvalue weighted by atomic mass is 9.86. The largest absolute Gasteiger partial charge is 0.438 e. The number of fused-ring (bicyclic) bond motifs is 1. The van der Waals surface area contributed by atoms with Gasteiger partial charge >= 0.3 is 0 Å². The number of carbonyl (C=O) groups excluding carboxylic acids is 1. The van der Waals surface area contributed by atoms with Gasteiger partial charge in [0.2, 0.25) is 12.0 Å². The molecule has 186 valence electrons. The third kappa shape index (κ3) is 6.55. The zero-order valence-corrected chi connectivity index (χ0v) is 22.1. The SMILES string of the molecule is Cc1cc(Oc2ccc(N)c3ccccc23)nc(C(C)C)n1.Cc1ccc(C(C)(C)C)cc1N=C=O. The van der Waals surface area contributed by atoms with E-state index in [0.717, 1.165) is 39.3 Å². The van der Waals surface area contributed by atoms with Gasteiger partial charge in [0.15, 0.2) is 0 Å². The lowest BCUT2D eigenvalue weighted by Crippen LogP contribution is -2.10. The smallest absolute Gasteiger partial charge is 0.240 e. The Bertz CT molecular complexity index is 1410. The molecular formula is C30H34N4O2. The highest BCUT2D eigenvalue weighted by atomic mass is 16.5. The minimum absolute atomic E-state index is 0.0842. The molecule has 4 aromatic rings. The predicted octanol–water partition coefficient (Wildman–Crippen LogP) is 7.70. The number of benzene rings is 3. The van der Waals surface area contributed by atoms with Crippen LogP contribution in [-0.2, 0) is 10.2 Å². The van der Waals surface area contributed by atoms with Crippen molar-refractivity contribution in [2.24, 2.45) is 4.99 Å². The maximum absolute atomic E-state index is 10.2. The summed E-state index contributed by atoms with van der Waals surface area (Å²) in [6.07, 6.45) is 1.58. The maximum atomic E-state index is 10.2. The van der Waals surface area contributed by atoms with Gasteiger partial charge in [0, 0.05) is 34.1 Å². The fraction of sp³-hybridized carbons (Fsp3) is 0.300. The molecule has 6 heteroatoms. The van der Waals surface area contributed by atoms with Gasteiger partial charge in [-0.2, -0.15) is 9.98 Å². The second-order valence-corrected chi connectivity index (χ2v) is 10.1. The third-order valence-electron chi connectivity index (χ3n) is 5.74. The molecule has 0 aliphatic carbocycles. The highest BCUT2D eigenvalue weighted by molar-refractivity contribution is 5.97. The Morgan fingerprint density at radius 2 is 1.64 bits per heavy atom. The first-order valence-electron chi connectivity index (χ1n) is 12.0. The molecule has 4 rings (SSSR count). The van der Waals surface area contributed by atoms with E-state index in [1.165, 1.54) is 5.56 Å². The molecule has 0 radical (unpaired) electrons. The van der Waals surface area contributed by atoms with Crippen molar-refractivity contribution < 1.29 is 9.53 Å². The summed E-state index contributed by atoms with van der Waals surface area (Å²) in [5.41, 5.74) is 10.6. The van der Waals surface area contributed by atoms with E-state index in [2.05, 4.69) is 55.6 Å². The Hall–Kier alpha value is -4.02. The standard InChI is InChI=1S/C18H19N3O.C12H15NO/c1-11(2)18-20-12(3)10-17(21-18)22-16-9-8-15(19)13-6-4-5-7-14(13)16;1-9-5-6-10(12(2,3)4)7-11(9)13-8-14/h4-11H,19H2,1-3H3;5-7H,1-4H3. The molecule has 0 atom stereocenters. The summed E-state index contributed by atoms with van der Waals surface area (Å²) in [5, 5.41) is 1.96. The number of aryl methyl sites for hydroxylation is 2. The van der Waals surface area contributed by atoms with E-state index in [-0.39, 0.29) is 11.3 Å². The Morgan fingerprint density at radius 1 is 0.944 bits per heavy atom. The molecule has 0 bridgehead atoms. The molecule has 1 aromatic heterocycles. The topological polar surface area (TPSA) is 90.5 Å². The Morgan fingerprint density at radius 3 is 2.28 bits per heavy atom. The van der Waals surface area contributed by atoms with E-state index in [1.54, 1.807) is 6.08 Å². The molecule has 36 heavy (non-hydrogen) atoms. The number of aromatic nitrogens is 2. The quantitative estimate of drug-likeness (QED) is 0.183. The van der Waals surface area contributed by atoms with Crippen LogP contribution in [-0.4, -0.2) is 16.0 Å². The summed E-state index contributed by atoms with van der Waals surface area (Å²) in [5.74, 6) is 2.35. The maximum Gasteiger partial charge on any atom is 0.240 e. The van der Waals surface area contributed by atoms with Gasteiger partial charge in [-0.15, -0.1) is 0 Å². The predicted molar refractivity (Wildman–Crippen MR) is 147 cm³/mol. The van der Waals surface area contributed by atoms with Crippen molar-refractivity contribution in [1.29, 1.82) is 0 Å². The number of hydrogen-bond donors (Lipinski definition) is 1. The molecule has 2 N–H and O–H groups in total. The van der Waals surface area contributed by atoms with Crippen LogP contribution < -0.4 is 10.5 Å². The summed E-state index contributed by atoms with van der Waals surface area (Å²) < 4.78 is 6.01. The molecule has 1 heterocycles. The first-order chi connectivity index (χ1) is 17.0. The van der Waals surface area contributed by atoms with E-state index in [1.807, 2.05) is 68.4 Å². The molecule has 0 unspecified atom stereocenters. The highest BCUT2D eigenvalue weighted by Crippen LogP contribution is 2.33. The van der Waals surface area contributed by atoms with E-state index in [9.17, 15) is 4.79 Å². The van der Waals surface area contributed by atoms with E-state index >= 15 is 0 Å². The number of nitrogens with two attached hydrogens (primary N) is 1. The van der Waals surface area contributed by atoms with Crippen LogP contribution in [0.15, 0.2) is 65.7 Å². The fourth-order valence-electron chi connectivity index (χ4n) is 3.61. The number of isocyanates is 1. The van der Waals surface area contributed by atoms with Gasteiger partial charge in [-0.05, 0) is 48.6 Å². The fourth-order valence-corrected chi connectivity index (χ4v) is 3.61. The Labute approximate surface area is 213 Å². The Kier molecular flexibility index (Phi) is 8.23.